The standard InChI is InChI=1S/C10H16N2OS/c1-3-7(4-2)9(13)5-8-6-14-10(11)12-8/h6-7H,3-5H2,1-2H3,(H2,11,12). The molecule has 2 N–H and O–H groups in total. The fraction of sp³-hybridized carbons (Fsp3) is 0.600. The summed E-state index contributed by atoms with van der Waals surface area (Å²) in [6.45, 7) is 4.09. The summed E-state index contributed by atoms with van der Waals surface area (Å²) in [5.74, 6) is 0.457. The van der Waals surface area contributed by atoms with Gasteiger partial charge in [-0.25, -0.2) is 4.98 Å². The van der Waals surface area contributed by atoms with Crippen molar-refractivity contribution in [2.45, 2.75) is 33.1 Å². The van der Waals surface area contributed by atoms with Crippen molar-refractivity contribution in [2.75, 3.05) is 5.73 Å². The molecule has 78 valence electrons. The molecule has 4 heteroatoms. The summed E-state index contributed by atoms with van der Waals surface area (Å²) in [5, 5.41) is 2.40. The zero-order valence-corrected chi connectivity index (χ0v) is 9.43. The minimum absolute atomic E-state index is 0.179. The Hall–Kier alpha value is -0.900. The average Bonchev–Trinajstić information content (AvgIpc) is 2.53. The molecule has 0 aliphatic rings. The molecule has 14 heavy (non-hydrogen) atoms. The number of rotatable bonds is 5. The zero-order valence-electron chi connectivity index (χ0n) is 8.62. The van der Waals surface area contributed by atoms with Gasteiger partial charge in [0.15, 0.2) is 5.13 Å². The highest BCUT2D eigenvalue weighted by Gasteiger charge is 2.15. The maximum atomic E-state index is 11.7. The van der Waals surface area contributed by atoms with Crippen LogP contribution in [0.25, 0.3) is 0 Å². The van der Waals surface area contributed by atoms with Gasteiger partial charge in [0.25, 0.3) is 0 Å². The first kappa shape index (κ1) is 11.2. The number of carbonyl (C=O) groups excluding carboxylic acids is 1. The lowest BCUT2D eigenvalue weighted by Crippen LogP contribution is -2.15. The van der Waals surface area contributed by atoms with Crippen molar-refractivity contribution in [2.24, 2.45) is 5.92 Å². The quantitative estimate of drug-likeness (QED) is 0.814. The van der Waals surface area contributed by atoms with Gasteiger partial charge in [-0.2, -0.15) is 0 Å². The first-order chi connectivity index (χ1) is 6.67. The average molecular weight is 212 g/mol. The molecule has 0 amide bonds. The van der Waals surface area contributed by atoms with E-state index in [-0.39, 0.29) is 11.7 Å². The highest BCUT2D eigenvalue weighted by Crippen LogP contribution is 2.16. The molecule has 3 nitrogen and oxygen atoms in total. The second-order valence-corrected chi connectivity index (χ2v) is 4.22. The van der Waals surface area contributed by atoms with Crippen molar-refractivity contribution >= 4 is 22.3 Å². The van der Waals surface area contributed by atoms with Crippen molar-refractivity contribution in [3.63, 3.8) is 0 Å². The molecule has 1 aromatic heterocycles. The molecule has 0 saturated carbocycles. The Balaban J connectivity index is 2.56. The minimum atomic E-state index is 0.179. The van der Waals surface area contributed by atoms with E-state index in [0.717, 1.165) is 18.5 Å². The first-order valence-electron chi connectivity index (χ1n) is 4.90. The Bertz CT molecular complexity index is 305. The van der Waals surface area contributed by atoms with E-state index in [1.807, 2.05) is 19.2 Å². The normalized spacial score (nSPS) is 10.8. The Kier molecular flexibility index (Phi) is 4.07. The van der Waals surface area contributed by atoms with E-state index in [9.17, 15) is 4.79 Å². The summed E-state index contributed by atoms with van der Waals surface area (Å²) in [7, 11) is 0. The summed E-state index contributed by atoms with van der Waals surface area (Å²) in [6.07, 6.45) is 2.25. The van der Waals surface area contributed by atoms with Gasteiger partial charge in [0.05, 0.1) is 5.69 Å². The molecule has 0 spiro atoms. The van der Waals surface area contributed by atoms with Crippen LogP contribution in [0.1, 0.15) is 32.4 Å². The number of thiazole rings is 1. The fourth-order valence-electron chi connectivity index (χ4n) is 1.47. The molecule has 0 bridgehead atoms. The number of nitrogens with two attached hydrogens (primary N) is 1. The molecule has 1 aromatic rings. The summed E-state index contributed by atoms with van der Waals surface area (Å²) in [4.78, 5) is 15.8. The number of hydrogen-bond acceptors (Lipinski definition) is 4. The third-order valence-corrected chi connectivity index (χ3v) is 3.09. The van der Waals surface area contributed by atoms with Crippen LogP contribution in [0.3, 0.4) is 0 Å². The molecule has 0 aliphatic carbocycles. The van der Waals surface area contributed by atoms with Gasteiger partial charge in [-0.3, -0.25) is 4.79 Å². The molecule has 0 radical (unpaired) electrons. The molecule has 1 heterocycles. The van der Waals surface area contributed by atoms with Crippen molar-refractivity contribution < 1.29 is 4.79 Å². The molecule has 0 unspecified atom stereocenters. The van der Waals surface area contributed by atoms with Gasteiger partial charge in [0.2, 0.25) is 0 Å². The van der Waals surface area contributed by atoms with Crippen LogP contribution in [-0.4, -0.2) is 10.8 Å². The molecule has 0 saturated heterocycles. The van der Waals surface area contributed by atoms with Crippen molar-refractivity contribution in [3.05, 3.63) is 11.1 Å². The van der Waals surface area contributed by atoms with Gasteiger partial charge >= 0.3 is 0 Å². The van der Waals surface area contributed by atoms with E-state index in [2.05, 4.69) is 4.98 Å². The number of hydrogen-bond donors (Lipinski definition) is 1. The Morgan fingerprint density at radius 2 is 2.21 bits per heavy atom. The molecule has 0 aliphatic heterocycles. The van der Waals surface area contributed by atoms with Crippen LogP contribution in [0, 0.1) is 5.92 Å². The van der Waals surface area contributed by atoms with Crippen LogP contribution in [0.15, 0.2) is 5.38 Å². The third kappa shape index (κ3) is 2.80. The largest absolute Gasteiger partial charge is 0.375 e. The maximum absolute atomic E-state index is 11.7. The van der Waals surface area contributed by atoms with E-state index >= 15 is 0 Å². The molecular formula is C10H16N2OS. The number of ketones is 1. The second-order valence-electron chi connectivity index (χ2n) is 3.33. The topological polar surface area (TPSA) is 56.0 Å². The summed E-state index contributed by atoms with van der Waals surface area (Å²) in [6, 6.07) is 0. The van der Waals surface area contributed by atoms with Gasteiger partial charge in [-0.15, -0.1) is 11.3 Å². The summed E-state index contributed by atoms with van der Waals surface area (Å²) in [5.41, 5.74) is 6.30. The fourth-order valence-corrected chi connectivity index (χ4v) is 2.03. The van der Waals surface area contributed by atoms with E-state index in [0.29, 0.717) is 11.6 Å². The number of carbonyl (C=O) groups is 1. The van der Waals surface area contributed by atoms with Gasteiger partial charge in [0.1, 0.15) is 5.78 Å². The third-order valence-electron chi connectivity index (χ3n) is 2.37. The van der Waals surface area contributed by atoms with Crippen LogP contribution in [0.4, 0.5) is 5.13 Å². The van der Waals surface area contributed by atoms with Gasteiger partial charge in [-0.05, 0) is 12.8 Å². The SMILES string of the molecule is CCC(CC)C(=O)Cc1csc(N)n1. The lowest BCUT2D eigenvalue weighted by molar-refractivity contribution is -0.122. The number of Topliss-reactive ketones (excluding diaryl/α,β-unsaturated/α-hetero) is 1. The van der Waals surface area contributed by atoms with Crippen LogP contribution in [-0.2, 0) is 11.2 Å². The molecule has 1 rings (SSSR count). The molecule has 0 fully saturated rings. The van der Waals surface area contributed by atoms with Gasteiger partial charge in [0, 0.05) is 17.7 Å². The predicted octanol–water partition coefficient (Wildman–Crippen LogP) is 2.27. The number of aromatic nitrogens is 1. The summed E-state index contributed by atoms with van der Waals surface area (Å²) < 4.78 is 0. The number of nitrogens with zero attached hydrogens (tertiary/aromatic N) is 1. The Labute approximate surface area is 88.3 Å². The molecule has 0 atom stereocenters. The van der Waals surface area contributed by atoms with E-state index < -0.39 is 0 Å². The second kappa shape index (κ2) is 5.10. The molecule has 0 aromatic carbocycles. The highest BCUT2D eigenvalue weighted by molar-refractivity contribution is 7.13. The Morgan fingerprint density at radius 1 is 1.57 bits per heavy atom. The van der Waals surface area contributed by atoms with Gasteiger partial charge in [-0.1, -0.05) is 13.8 Å². The number of nitrogen functional groups attached to an aromatic ring is 1. The van der Waals surface area contributed by atoms with Crippen molar-refractivity contribution in [1.82, 2.24) is 4.98 Å². The van der Waals surface area contributed by atoms with Gasteiger partial charge < -0.3 is 5.73 Å². The predicted molar refractivity (Wildman–Crippen MR) is 59.3 cm³/mol. The van der Waals surface area contributed by atoms with E-state index in [1.54, 1.807) is 0 Å². The van der Waals surface area contributed by atoms with Crippen LogP contribution < -0.4 is 5.73 Å². The smallest absolute Gasteiger partial charge is 0.180 e. The summed E-state index contributed by atoms with van der Waals surface area (Å²) >= 11 is 1.39. The van der Waals surface area contributed by atoms with Crippen molar-refractivity contribution in [1.29, 1.82) is 0 Å². The van der Waals surface area contributed by atoms with Crippen molar-refractivity contribution in [3.8, 4) is 0 Å². The highest BCUT2D eigenvalue weighted by atomic mass is 32.1. The minimum Gasteiger partial charge on any atom is -0.375 e. The first-order valence-corrected chi connectivity index (χ1v) is 5.77. The number of anilines is 1. The lowest BCUT2D eigenvalue weighted by atomic mass is 9.95. The zero-order chi connectivity index (χ0) is 10.6. The monoisotopic (exact) mass is 212 g/mol. The van der Waals surface area contributed by atoms with Crippen LogP contribution >= 0.6 is 11.3 Å². The molecular weight excluding hydrogens is 196 g/mol. The maximum Gasteiger partial charge on any atom is 0.180 e. The van der Waals surface area contributed by atoms with Crippen LogP contribution in [0.5, 0.6) is 0 Å². The lowest BCUT2D eigenvalue weighted by Gasteiger charge is -2.08. The van der Waals surface area contributed by atoms with E-state index in [4.69, 9.17) is 5.73 Å². The van der Waals surface area contributed by atoms with E-state index in [1.165, 1.54) is 11.3 Å². The Morgan fingerprint density at radius 3 is 2.64 bits per heavy atom. The van der Waals surface area contributed by atoms with Crippen LogP contribution in [0.2, 0.25) is 0 Å².